The predicted molar refractivity (Wildman–Crippen MR) is 148 cm³/mol. The highest BCUT2D eigenvalue weighted by atomic mass is 19.1. The normalized spacial score (nSPS) is 15.8. The van der Waals surface area contributed by atoms with Crippen molar-refractivity contribution in [2.75, 3.05) is 12.3 Å². The zero-order valence-corrected chi connectivity index (χ0v) is 22.5. The van der Waals surface area contributed by atoms with Crippen LogP contribution in [0.15, 0.2) is 60.4 Å². The van der Waals surface area contributed by atoms with Crippen LogP contribution in [-0.4, -0.2) is 48.7 Å². The third-order valence-electron chi connectivity index (χ3n) is 6.67. The number of nitrogens with zero attached hydrogens (tertiary/aromatic N) is 6. The van der Waals surface area contributed by atoms with Crippen molar-refractivity contribution in [2.45, 2.75) is 44.8 Å². The van der Waals surface area contributed by atoms with E-state index in [-0.39, 0.29) is 46.7 Å². The van der Waals surface area contributed by atoms with Crippen LogP contribution in [0.25, 0.3) is 22.3 Å². The first kappa shape index (κ1) is 27.7. The van der Waals surface area contributed by atoms with Crippen molar-refractivity contribution in [2.24, 2.45) is 5.73 Å². The minimum atomic E-state index is -0.834. The molecule has 2 aromatic carbocycles. The molecule has 2 aromatic heterocycles. The molecular weight excluding hydrogens is 530 g/mol. The first-order valence-electron chi connectivity index (χ1n) is 13.0. The van der Waals surface area contributed by atoms with Crippen molar-refractivity contribution in [1.82, 2.24) is 24.6 Å². The molecule has 41 heavy (non-hydrogen) atoms. The Balaban J connectivity index is 1.47. The number of fused-ring (bicyclic) bond motifs is 1. The first-order valence-corrected chi connectivity index (χ1v) is 13.0. The Morgan fingerprint density at radius 3 is 2.71 bits per heavy atom. The van der Waals surface area contributed by atoms with Crippen LogP contribution in [0.1, 0.15) is 26.7 Å². The lowest BCUT2D eigenvalue weighted by atomic mass is 10.0. The smallest absolute Gasteiger partial charge is 0.264 e. The average Bonchev–Trinajstić information content (AvgIpc) is 3.52. The first-order chi connectivity index (χ1) is 19.5. The van der Waals surface area contributed by atoms with Gasteiger partial charge in [-0.25, -0.2) is 23.4 Å². The number of anilines is 1. The summed E-state index contributed by atoms with van der Waals surface area (Å²) in [5, 5.41) is 14.6. The number of nitrogen functional groups attached to an aromatic ring is 1. The maximum Gasteiger partial charge on any atom is 0.264 e. The molecule has 12 heteroatoms. The second kappa shape index (κ2) is 10.9. The summed E-state index contributed by atoms with van der Waals surface area (Å²) in [6, 6.07) is 11.4. The number of carbonyl (C=O) groups excluding carboxylic acids is 1. The van der Waals surface area contributed by atoms with E-state index in [9.17, 15) is 14.4 Å². The number of hydrogen-bond acceptors (Lipinski definition) is 8. The van der Waals surface area contributed by atoms with Gasteiger partial charge in [-0.15, -0.1) is 0 Å². The van der Waals surface area contributed by atoms with Crippen LogP contribution in [-0.2, 0) is 11.3 Å². The lowest BCUT2D eigenvalue weighted by Gasteiger charge is -2.25. The monoisotopic (exact) mass is 558 g/mol. The number of carbonyl (C=O) groups is 1. The van der Waals surface area contributed by atoms with Crippen LogP contribution in [0, 0.1) is 23.0 Å². The molecule has 1 atom stereocenters. The van der Waals surface area contributed by atoms with Gasteiger partial charge in [0.2, 0.25) is 0 Å². The van der Waals surface area contributed by atoms with Gasteiger partial charge in [0.1, 0.15) is 52.6 Å². The van der Waals surface area contributed by atoms with Crippen molar-refractivity contribution in [3.63, 3.8) is 0 Å². The number of amides is 1. The van der Waals surface area contributed by atoms with Crippen molar-refractivity contribution in [3.8, 4) is 28.8 Å². The minimum Gasteiger partial charge on any atom is -0.457 e. The highest BCUT2D eigenvalue weighted by molar-refractivity contribution is 5.99. The summed E-state index contributed by atoms with van der Waals surface area (Å²) in [7, 11) is 0. The summed E-state index contributed by atoms with van der Waals surface area (Å²) in [6.45, 7) is 4.13. The number of benzene rings is 2. The van der Waals surface area contributed by atoms with Gasteiger partial charge in [0, 0.05) is 29.8 Å². The van der Waals surface area contributed by atoms with E-state index < -0.39 is 23.1 Å². The summed E-state index contributed by atoms with van der Waals surface area (Å²) >= 11 is 0. The molecule has 1 fully saturated rings. The molecule has 10 nitrogen and oxygen atoms in total. The Kier molecular flexibility index (Phi) is 7.38. The van der Waals surface area contributed by atoms with E-state index >= 15 is 4.39 Å². The Bertz CT molecular complexity index is 1700. The van der Waals surface area contributed by atoms with Gasteiger partial charge in [0.15, 0.2) is 5.65 Å². The second-order valence-electron chi connectivity index (χ2n) is 10.5. The van der Waals surface area contributed by atoms with E-state index in [0.29, 0.717) is 24.0 Å². The molecule has 1 unspecified atom stereocenters. The standard InChI is InChI=1S/C29H28F2N8O2/c1-29(2,34)13-17(14-32)28(40)38-10-4-6-19(38)15-39-27-24(26(33)35-16-36-27)25(37-39)22-9-8-21(12-23(22)31)41-20-7-3-5-18(30)11-20/h3,5,7-9,11-13,16,19H,4,6,10,15,34H2,1-2H3,(H2,33,35,36)/b17-13-. The van der Waals surface area contributed by atoms with Gasteiger partial charge in [-0.05, 0) is 57.0 Å². The van der Waals surface area contributed by atoms with E-state index in [2.05, 4.69) is 15.1 Å². The Hall–Kier alpha value is -4.89. The highest BCUT2D eigenvalue weighted by Crippen LogP contribution is 2.35. The molecule has 1 amide bonds. The molecule has 1 aliphatic rings. The van der Waals surface area contributed by atoms with E-state index in [1.165, 1.54) is 42.7 Å². The summed E-state index contributed by atoms with van der Waals surface area (Å²) in [5.74, 6) is -0.997. The van der Waals surface area contributed by atoms with Crippen molar-refractivity contribution in [3.05, 3.63) is 72.1 Å². The number of nitrogens with two attached hydrogens (primary N) is 2. The lowest BCUT2D eigenvalue weighted by Crippen LogP contribution is -2.40. The Morgan fingerprint density at radius 2 is 2.00 bits per heavy atom. The van der Waals surface area contributed by atoms with Gasteiger partial charge >= 0.3 is 0 Å². The zero-order valence-electron chi connectivity index (χ0n) is 22.5. The number of hydrogen-bond donors (Lipinski definition) is 2. The average molecular weight is 559 g/mol. The van der Waals surface area contributed by atoms with Crippen molar-refractivity contribution in [1.29, 1.82) is 5.26 Å². The van der Waals surface area contributed by atoms with Gasteiger partial charge in [-0.2, -0.15) is 10.4 Å². The molecule has 0 radical (unpaired) electrons. The molecule has 4 N–H and O–H groups in total. The van der Waals surface area contributed by atoms with Crippen LogP contribution in [0.3, 0.4) is 0 Å². The fraction of sp³-hybridized carbons (Fsp3) is 0.276. The van der Waals surface area contributed by atoms with Gasteiger partial charge in [-0.1, -0.05) is 6.07 Å². The molecule has 4 aromatic rings. The Morgan fingerprint density at radius 1 is 1.22 bits per heavy atom. The fourth-order valence-corrected chi connectivity index (χ4v) is 4.93. The summed E-state index contributed by atoms with van der Waals surface area (Å²) in [6.07, 6.45) is 4.17. The molecule has 1 aliphatic heterocycles. The van der Waals surface area contributed by atoms with E-state index in [1.807, 2.05) is 6.07 Å². The quantitative estimate of drug-likeness (QED) is 0.252. The van der Waals surface area contributed by atoms with Crippen LogP contribution in [0.5, 0.6) is 11.5 Å². The third-order valence-corrected chi connectivity index (χ3v) is 6.67. The van der Waals surface area contributed by atoms with E-state index in [0.717, 1.165) is 6.42 Å². The molecule has 210 valence electrons. The van der Waals surface area contributed by atoms with Crippen LogP contribution in [0.2, 0.25) is 0 Å². The van der Waals surface area contributed by atoms with Crippen molar-refractivity contribution < 1.29 is 18.3 Å². The largest absolute Gasteiger partial charge is 0.457 e. The van der Waals surface area contributed by atoms with Gasteiger partial charge < -0.3 is 21.1 Å². The number of halogens is 2. The highest BCUT2D eigenvalue weighted by Gasteiger charge is 2.33. The van der Waals surface area contributed by atoms with E-state index in [1.54, 1.807) is 35.6 Å². The maximum atomic E-state index is 15.4. The van der Waals surface area contributed by atoms with Gasteiger partial charge in [-0.3, -0.25) is 4.79 Å². The summed E-state index contributed by atoms with van der Waals surface area (Å²) in [5.41, 5.74) is 12.1. The molecule has 0 bridgehead atoms. The third kappa shape index (κ3) is 5.85. The minimum absolute atomic E-state index is 0.0235. The van der Waals surface area contributed by atoms with Gasteiger partial charge in [0.05, 0.1) is 18.0 Å². The SMILES string of the molecule is CC(C)(N)/C=C(/C#N)C(=O)N1CCCC1Cn1nc(-c2ccc(Oc3cccc(F)c3)cc2F)c2c(N)ncnc21. The number of rotatable bonds is 7. The Labute approximate surface area is 234 Å². The molecule has 3 heterocycles. The molecular formula is C29H28F2N8O2. The molecule has 5 rings (SSSR count). The number of likely N-dealkylation sites (tertiary alicyclic amines) is 1. The predicted octanol–water partition coefficient (Wildman–Crippen LogP) is 4.32. The van der Waals surface area contributed by atoms with E-state index in [4.69, 9.17) is 16.2 Å². The van der Waals surface area contributed by atoms with Crippen LogP contribution >= 0.6 is 0 Å². The number of ether oxygens (including phenoxy) is 1. The maximum absolute atomic E-state index is 15.4. The zero-order chi connectivity index (χ0) is 29.3. The summed E-state index contributed by atoms with van der Waals surface area (Å²) < 4.78 is 36.1. The summed E-state index contributed by atoms with van der Waals surface area (Å²) in [4.78, 5) is 23.3. The fourth-order valence-electron chi connectivity index (χ4n) is 4.93. The molecule has 0 spiro atoms. The van der Waals surface area contributed by atoms with Gasteiger partial charge in [0.25, 0.3) is 5.91 Å². The number of aromatic nitrogens is 4. The molecule has 0 aliphatic carbocycles. The second-order valence-corrected chi connectivity index (χ2v) is 10.5. The number of nitriles is 1. The molecule has 0 saturated carbocycles. The topological polar surface area (TPSA) is 149 Å². The van der Waals surface area contributed by atoms with Crippen LogP contribution in [0.4, 0.5) is 14.6 Å². The van der Waals surface area contributed by atoms with Crippen molar-refractivity contribution >= 4 is 22.8 Å². The van der Waals surface area contributed by atoms with Crippen LogP contribution < -0.4 is 16.2 Å². The lowest BCUT2D eigenvalue weighted by molar-refractivity contribution is -0.127. The molecule has 1 saturated heterocycles.